The topological polar surface area (TPSA) is 103 Å². The van der Waals surface area contributed by atoms with Gasteiger partial charge in [-0.2, -0.15) is 0 Å². The predicted molar refractivity (Wildman–Crippen MR) is 77.4 cm³/mol. The van der Waals surface area contributed by atoms with Gasteiger partial charge in [0.2, 0.25) is 0 Å². The van der Waals surface area contributed by atoms with Crippen molar-refractivity contribution in [1.82, 2.24) is 5.32 Å². The zero-order valence-electron chi connectivity index (χ0n) is 12.2. The fraction of sp³-hybridized carbons (Fsp3) is 0.462. The summed E-state index contributed by atoms with van der Waals surface area (Å²) in [5.41, 5.74) is 0.362. The number of nitrogens with one attached hydrogen (secondary N) is 2. The van der Waals surface area contributed by atoms with Gasteiger partial charge in [0, 0.05) is 32.4 Å². The lowest BCUT2D eigenvalue weighted by atomic mass is 10.1. The maximum absolute atomic E-state index is 11.7. The average molecular weight is 297 g/mol. The molecule has 0 spiro atoms. The van der Waals surface area contributed by atoms with E-state index in [0.29, 0.717) is 12.2 Å². The zero-order valence-corrected chi connectivity index (χ0v) is 12.2. The van der Waals surface area contributed by atoms with Gasteiger partial charge in [0.1, 0.15) is 5.69 Å². The van der Waals surface area contributed by atoms with Crippen molar-refractivity contribution in [1.29, 1.82) is 0 Å². The van der Waals surface area contributed by atoms with Gasteiger partial charge in [0.15, 0.2) is 6.29 Å². The summed E-state index contributed by atoms with van der Waals surface area (Å²) in [5.74, 6) is -0.348. The quantitative estimate of drug-likeness (QED) is 0.427. The smallest absolute Gasteiger partial charge is 0.293 e. The predicted octanol–water partition coefficient (Wildman–Crippen LogP) is 1.38. The number of rotatable bonds is 8. The number of benzene rings is 1. The number of nitrogens with zero attached hydrogens (tertiary/aromatic N) is 1. The highest BCUT2D eigenvalue weighted by molar-refractivity contribution is 5.95. The number of nitro benzene ring substituents is 1. The van der Waals surface area contributed by atoms with Crippen molar-refractivity contribution in [2.75, 3.05) is 32.6 Å². The molecule has 0 aliphatic rings. The number of anilines is 1. The Morgan fingerprint density at radius 2 is 2.05 bits per heavy atom. The maximum atomic E-state index is 11.7. The zero-order chi connectivity index (χ0) is 15.8. The Labute approximate surface area is 122 Å². The molecule has 0 fully saturated rings. The molecule has 2 N–H and O–H groups in total. The summed E-state index contributed by atoms with van der Waals surface area (Å²) in [6, 6.07) is 4.25. The van der Waals surface area contributed by atoms with E-state index in [1.54, 1.807) is 6.92 Å². The van der Waals surface area contributed by atoms with Crippen molar-refractivity contribution in [3.8, 4) is 0 Å². The van der Waals surface area contributed by atoms with Crippen LogP contribution in [0.15, 0.2) is 18.2 Å². The summed E-state index contributed by atoms with van der Waals surface area (Å²) < 4.78 is 9.99. The molecule has 8 heteroatoms. The standard InChI is InChI=1S/C13H19N3O5/c1-4-14-13(17)9-5-6-10(11(7-9)16(18)19)15-8-12(20-2)21-3/h5-7,12,15H,4,8H2,1-3H3,(H,14,17). The summed E-state index contributed by atoms with van der Waals surface area (Å²) in [5, 5.41) is 16.6. The number of carbonyl (C=O) groups excluding carboxylic acids is 1. The van der Waals surface area contributed by atoms with E-state index in [0.717, 1.165) is 0 Å². The maximum Gasteiger partial charge on any atom is 0.293 e. The van der Waals surface area contributed by atoms with Crippen LogP contribution >= 0.6 is 0 Å². The van der Waals surface area contributed by atoms with Gasteiger partial charge in [0.25, 0.3) is 11.6 Å². The second kappa shape index (κ2) is 8.18. The normalized spacial score (nSPS) is 10.5. The van der Waals surface area contributed by atoms with E-state index < -0.39 is 11.2 Å². The molecule has 0 saturated carbocycles. The second-order valence-corrected chi connectivity index (χ2v) is 4.13. The highest BCUT2D eigenvalue weighted by Gasteiger charge is 2.18. The Morgan fingerprint density at radius 1 is 1.38 bits per heavy atom. The Bertz CT molecular complexity index is 503. The van der Waals surface area contributed by atoms with Crippen LogP contribution in [0.5, 0.6) is 0 Å². The van der Waals surface area contributed by atoms with Crippen molar-refractivity contribution >= 4 is 17.3 Å². The summed E-state index contributed by atoms with van der Waals surface area (Å²) >= 11 is 0. The van der Waals surface area contributed by atoms with E-state index in [2.05, 4.69) is 10.6 Å². The molecule has 21 heavy (non-hydrogen) atoms. The molecular formula is C13H19N3O5. The minimum atomic E-state index is -0.542. The Hall–Kier alpha value is -2.19. The van der Waals surface area contributed by atoms with Gasteiger partial charge >= 0.3 is 0 Å². The monoisotopic (exact) mass is 297 g/mol. The van der Waals surface area contributed by atoms with E-state index in [9.17, 15) is 14.9 Å². The number of nitro groups is 1. The molecule has 0 aromatic heterocycles. The van der Waals surface area contributed by atoms with E-state index in [-0.39, 0.29) is 23.7 Å². The molecule has 0 radical (unpaired) electrons. The van der Waals surface area contributed by atoms with Crippen LogP contribution < -0.4 is 10.6 Å². The molecule has 8 nitrogen and oxygen atoms in total. The second-order valence-electron chi connectivity index (χ2n) is 4.13. The van der Waals surface area contributed by atoms with Crippen molar-refractivity contribution in [3.05, 3.63) is 33.9 Å². The minimum absolute atomic E-state index is 0.176. The lowest BCUT2D eigenvalue weighted by molar-refractivity contribution is -0.384. The van der Waals surface area contributed by atoms with Crippen LogP contribution in [0, 0.1) is 10.1 Å². The van der Waals surface area contributed by atoms with Gasteiger partial charge in [-0.15, -0.1) is 0 Å². The minimum Gasteiger partial charge on any atom is -0.374 e. The summed E-state index contributed by atoms with van der Waals surface area (Å²) in [7, 11) is 2.95. The fourth-order valence-corrected chi connectivity index (χ4v) is 1.69. The average Bonchev–Trinajstić information content (AvgIpc) is 2.48. The van der Waals surface area contributed by atoms with Crippen LogP contribution in [0.1, 0.15) is 17.3 Å². The summed E-state index contributed by atoms with van der Waals surface area (Å²) in [6.07, 6.45) is -0.521. The van der Waals surface area contributed by atoms with Crippen molar-refractivity contribution in [3.63, 3.8) is 0 Å². The lowest BCUT2D eigenvalue weighted by Crippen LogP contribution is -2.24. The Morgan fingerprint density at radius 3 is 2.57 bits per heavy atom. The van der Waals surface area contributed by atoms with Gasteiger partial charge in [-0.25, -0.2) is 0 Å². The van der Waals surface area contributed by atoms with Crippen LogP contribution in [0.2, 0.25) is 0 Å². The SMILES string of the molecule is CCNC(=O)c1ccc(NCC(OC)OC)c([N+](=O)[O-])c1. The third-order valence-electron chi connectivity index (χ3n) is 2.78. The van der Waals surface area contributed by atoms with Gasteiger partial charge in [0.05, 0.1) is 11.5 Å². The van der Waals surface area contributed by atoms with Crippen LogP contribution in [0.4, 0.5) is 11.4 Å². The van der Waals surface area contributed by atoms with Crippen LogP contribution in [-0.4, -0.2) is 44.4 Å². The van der Waals surface area contributed by atoms with E-state index >= 15 is 0 Å². The molecule has 0 heterocycles. The van der Waals surface area contributed by atoms with Gasteiger partial charge in [-0.05, 0) is 19.1 Å². The van der Waals surface area contributed by atoms with Crippen LogP contribution in [-0.2, 0) is 9.47 Å². The summed E-state index contributed by atoms with van der Waals surface area (Å²) in [4.78, 5) is 22.3. The van der Waals surface area contributed by atoms with E-state index in [1.807, 2.05) is 0 Å². The first-order valence-electron chi connectivity index (χ1n) is 6.39. The molecule has 0 saturated heterocycles. The number of amides is 1. The number of methoxy groups -OCH3 is 2. The first-order valence-corrected chi connectivity index (χ1v) is 6.39. The van der Waals surface area contributed by atoms with Crippen LogP contribution in [0.25, 0.3) is 0 Å². The molecule has 0 bridgehead atoms. The molecule has 0 unspecified atom stereocenters. The van der Waals surface area contributed by atoms with Crippen molar-refractivity contribution in [2.45, 2.75) is 13.2 Å². The van der Waals surface area contributed by atoms with E-state index in [1.165, 1.54) is 32.4 Å². The number of ether oxygens (including phenoxy) is 2. The van der Waals surface area contributed by atoms with Crippen molar-refractivity contribution < 1.29 is 19.2 Å². The molecule has 116 valence electrons. The number of carbonyl (C=O) groups is 1. The molecule has 0 aliphatic heterocycles. The molecule has 0 aliphatic carbocycles. The Balaban J connectivity index is 2.94. The third-order valence-corrected chi connectivity index (χ3v) is 2.78. The molecule has 1 aromatic rings. The Kier molecular flexibility index (Phi) is 6.57. The highest BCUT2D eigenvalue weighted by Crippen LogP contribution is 2.25. The van der Waals surface area contributed by atoms with Gasteiger partial charge in [-0.1, -0.05) is 0 Å². The first-order chi connectivity index (χ1) is 10.0. The molecule has 1 amide bonds. The highest BCUT2D eigenvalue weighted by atomic mass is 16.7. The van der Waals surface area contributed by atoms with Crippen molar-refractivity contribution in [2.24, 2.45) is 0 Å². The number of hydrogen-bond acceptors (Lipinski definition) is 6. The van der Waals surface area contributed by atoms with E-state index in [4.69, 9.17) is 9.47 Å². The van der Waals surface area contributed by atoms with Crippen LogP contribution in [0.3, 0.4) is 0 Å². The molecule has 1 aromatic carbocycles. The fourth-order valence-electron chi connectivity index (χ4n) is 1.69. The summed E-state index contributed by atoms with van der Waals surface area (Å²) in [6.45, 7) is 2.47. The number of hydrogen-bond donors (Lipinski definition) is 2. The van der Waals surface area contributed by atoms with Gasteiger partial charge < -0.3 is 20.1 Å². The third kappa shape index (κ3) is 4.69. The lowest BCUT2D eigenvalue weighted by Gasteiger charge is -2.15. The largest absolute Gasteiger partial charge is 0.374 e. The molecule has 1 rings (SSSR count). The van der Waals surface area contributed by atoms with Gasteiger partial charge in [-0.3, -0.25) is 14.9 Å². The molecular weight excluding hydrogens is 278 g/mol. The first kappa shape index (κ1) is 16.9. The molecule has 0 atom stereocenters.